The SMILES string of the molecule is NC[13CH2]CC[C@H](N)C(=O)O. The van der Waals surface area contributed by atoms with Crippen LogP contribution >= 0.6 is 0 Å². The topological polar surface area (TPSA) is 89.3 Å². The summed E-state index contributed by atoms with van der Waals surface area (Å²) in [5.74, 6) is -0.933. The smallest absolute Gasteiger partial charge is 0.320 e. The molecule has 0 amide bonds. The summed E-state index contributed by atoms with van der Waals surface area (Å²) in [6.07, 6.45) is 2.16. The van der Waals surface area contributed by atoms with Crippen molar-refractivity contribution in [1.29, 1.82) is 0 Å². The predicted molar refractivity (Wildman–Crippen MR) is 38.5 cm³/mol. The molecular weight excluding hydrogens is 133 g/mol. The maximum atomic E-state index is 10.1. The lowest BCUT2D eigenvalue weighted by molar-refractivity contribution is -0.138. The Labute approximate surface area is 60.2 Å². The molecule has 0 unspecified atom stereocenters. The molecule has 0 aliphatic heterocycles. The van der Waals surface area contributed by atoms with Gasteiger partial charge in [-0.1, -0.05) is 6.42 Å². The van der Waals surface area contributed by atoms with Crippen LogP contribution in [0.25, 0.3) is 0 Å². The first kappa shape index (κ1) is 9.39. The number of aliphatic carboxylic acids is 1. The highest BCUT2D eigenvalue weighted by molar-refractivity contribution is 5.72. The number of hydrogen-bond acceptors (Lipinski definition) is 3. The number of unbranched alkanes of at least 4 members (excludes halogenated alkanes) is 1. The first-order chi connectivity index (χ1) is 4.68. The van der Waals surface area contributed by atoms with Gasteiger partial charge >= 0.3 is 5.97 Å². The standard InChI is InChI=1S/C6H14N2O2/c7-4-2-1-3-5(8)6(9)10/h5H,1-4,7-8H2,(H,9,10)/t5-/m0/s1/i2+1. The van der Waals surface area contributed by atoms with Crippen LogP contribution in [0.3, 0.4) is 0 Å². The molecular formula is C6H14N2O2. The maximum Gasteiger partial charge on any atom is 0.320 e. The summed E-state index contributed by atoms with van der Waals surface area (Å²) < 4.78 is 0. The molecule has 0 saturated carbocycles. The van der Waals surface area contributed by atoms with Gasteiger partial charge in [-0.2, -0.15) is 0 Å². The maximum absolute atomic E-state index is 10.1. The third-order valence-electron chi connectivity index (χ3n) is 1.29. The lowest BCUT2D eigenvalue weighted by atomic mass is 10.2. The highest BCUT2D eigenvalue weighted by Crippen LogP contribution is 1.96. The van der Waals surface area contributed by atoms with E-state index in [-0.39, 0.29) is 0 Å². The normalized spacial score (nSPS) is 13.0. The van der Waals surface area contributed by atoms with Crippen molar-refractivity contribution in [1.82, 2.24) is 0 Å². The van der Waals surface area contributed by atoms with E-state index in [1.165, 1.54) is 0 Å². The fourth-order valence-corrected chi connectivity index (χ4v) is 0.632. The summed E-state index contributed by atoms with van der Waals surface area (Å²) >= 11 is 0. The molecule has 0 aromatic carbocycles. The molecule has 0 rings (SSSR count). The van der Waals surface area contributed by atoms with Crippen molar-refractivity contribution in [2.75, 3.05) is 6.54 Å². The first-order valence-corrected chi connectivity index (χ1v) is 3.37. The lowest BCUT2D eigenvalue weighted by Gasteiger charge is -2.03. The van der Waals surface area contributed by atoms with Gasteiger partial charge in [0.1, 0.15) is 6.04 Å². The average molecular weight is 147 g/mol. The zero-order chi connectivity index (χ0) is 7.98. The Morgan fingerprint density at radius 3 is 2.50 bits per heavy atom. The van der Waals surface area contributed by atoms with E-state index >= 15 is 0 Å². The Bertz CT molecular complexity index is 106. The molecule has 0 aromatic rings. The molecule has 0 bridgehead atoms. The van der Waals surface area contributed by atoms with Crippen LogP contribution in [0.4, 0.5) is 0 Å². The highest BCUT2D eigenvalue weighted by Gasteiger charge is 2.09. The first-order valence-electron chi connectivity index (χ1n) is 3.37. The van der Waals surface area contributed by atoms with Crippen LogP contribution in [-0.4, -0.2) is 23.7 Å². The Morgan fingerprint density at radius 2 is 2.10 bits per heavy atom. The average Bonchev–Trinajstić information content (AvgIpc) is 1.88. The molecule has 0 fully saturated rings. The summed E-state index contributed by atoms with van der Waals surface area (Å²) in [4.78, 5) is 10.1. The molecule has 1 atom stereocenters. The van der Waals surface area contributed by atoms with Gasteiger partial charge in [0.2, 0.25) is 0 Å². The van der Waals surface area contributed by atoms with E-state index in [1.807, 2.05) is 0 Å². The molecule has 0 aliphatic carbocycles. The van der Waals surface area contributed by atoms with E-state index in [4.69, 9.17) is 16.6 Å². The molecule has 4 heteroatoms. The Morgan fingerprint density at radius 1 is 1.50 bits per heavy atom. The Balaban J connectivity index is 3.21. The fraction of sp³-hybridized carbons (Fsp3) is 0.833. The van der Waals surface area contributed by atoms with Gasteiger partial charge in [-0.3, -0.25) is 4.79 Å². The second kappa shape index (κ2) is 5.20. The van der Waals surface area contributed by atoms with Crippen LogP contribution in [0.2, 0.25) is 0 Å². The number of carboxylic acids is 1. The number of carbonyl (C=O) groups is 1. The van der Waals surface area contributed by atoms with Gasteiger partial charge in [0.25, 0.3) is 0 Å². The minimum atomic E-state index is -0.933. The van der Waals surface area contributed by atoms with Crippen molar-refractivity contribution in [3.8, 4) is 0 Å². The van der Waals surface area contributed by atoms with E-state index in [1.54, 1.807) is 0 Å². The van der Waals surface area contributed by atoms with Gasteiger partial charge in [-0.25, -0.2) is 0 Å². The summed E-state index contributed by atoms with van der Waals surface area (Å²) in [5.41, 5.74) is 10.4. The van der Waals surface area contributed by atoms with Crippen LogP contribution in [0, 0.1) is 0 Å². The second-order valence-electron chi connectivity index (χ2n) is 2.23. The summed E-state index contributed by atoms with van der Waals surface area (Å²) in [6.45, 7) is 0.604. The van der Waals surface area contributed by atoms with Crippen molar-refractivity contribution in [3.05, 3.63) is 0 Å². The van der Waals surface area contributed by atoms with Gasteiger partial charge in [-0.15, -0.1) is 0 Å². The number of nitrogens with two attached hydrogens (primary N) is 2. The zero-order valence-electron chi connectivity index (χ0n) is 5.92. The van der Waals surface area contributed by atoms with Crippen molar-refractivity contribution >= 4 is 5.97 Å². The molecule has 10 heavy (non-hydrogen) atoms. The Hall–Kier alpha value is -0.610. The van der Waals surface area contributed by atoms with Crippen molar-refractivity contribution in [3.63, 3.8) is 0 Å². The minimum absolute atomic E-state index is 0.520. The van der Waals surface area contributed by atoms with E-state index in [2.05, 4.69) is 0 Å². The van der Waals surface area contributed by atoms with Gasteiger partial charge in [0.05, 0.1) is 0 Å². The van der Waals surface area contributed by atoms with E-state index in [0.717, 1.165) is 12.8 Å². The molecule has 0 radical (unpaired) electrons. The summed E-state index contributed by atoms with van der Waals surface area (Å²) in [5, 5.41) is 8.33. The van der Waals surface area contributed by atoms with Crippen LogP contribution in [-0.2, 0) is 4.79 Å². The van der Waals surface area contributed by atoms with Gasteiger partial charge in [0, 0.05) is 0 Å². The quantitative estimate of drug-likeness (QED) is 0.362. The third kappa shape index (κ3) is 4.29. The zero-order valence-corrected chi connectivity index (χ0v) is 5.92. The molecule has 5 N–H and O–H groups in total. The van der Waals surface area contributed by atoms with Crippen molar-refractivity contribution in [2.24, 2.45) is 11.5 Å². The van der Waals surface area contributed by atoms with Crippen LogP contribution in [0.5, 0.6) is 0 Å². The van der Waals surface area contributed by atoms with Gasteiger partial charge < -0.3 is 16.6 Å². The minimum Gasteiger partial charge on any atom is -0.480 e. The predicted octanol–water partition coefficient (Wildman–Crippen LogP) is -0.473. The largest absolute Gasteiger partial charge is 0.480 e. The molecule has 4 nitrogen and oxygen atoms in total. The number of hydrogen-bond donors (Lipinski definition) is 3. The van der Waals surface area contributed by atoms with E-state index in [0.29, 0.717) is 13.0 Å². The number of rotatable bonds is 5. The van der Waals surface area contributed by atoms with Gasteiger partial charge in [0.15, 0.2) is 0 Å². The molecule has 0 heterocycles. The third-order valence-corrected chi connectivity index (χ3v) is 1.29. The number of carboxylic acid groups (broad SMARTS) is 1. The lowest BCUT2D eigenvalue weighted by Crippen LogP contribution is -2.29. The molecule has 0 spiro atoms. The van der Waals surface area contributed by atoms with Crippen LogP contribution in [0.1, 0.15) is 19.3 Å². The van der Waals surface area contributed by atoms with Gasteiger partial charge in [-0.05, 0) is 19.4 Å². The van der Waals surface area contributed by atoms with Crippen LogP contribution in [0.15, 0.2) is 0 Å². The fourth-order valence-electron chi connectivity index (χ4n) is 0.632. The molecule has 0 saturated heterocycles. The molecule has 60 valence electrons. The summed E-state index contributed by atoms with van der Waals surface area (Å²) in [7, 11) is 0. The highest BCUT2D eigenvalue weighted by atomic mass is 16.4. The molecule has 0 aromatic heterocycles. The van der Waals surface area contributed by atoms with E-state index < -0.39 is 12.0 Å². The monoisotopic (exact) mass is 147 g/mol. The Kier molecular flexibility index (Phi) is 4.88. The van der Waals surface area contributed by atoms with Crippen LogP contribution < -0.4 is 11.5 Å². The second-order valence-corrected chi connectivity index (χ2v) is 2.23. The van der Waals surface area contributed by atoms with Crippen molar-refractivity contribution < 1.29 is 9.90 Å². The van der Waals surface area contributed by atoms with E-state index in [9.17, 15) is 4.79 Å². The summed E-state index contributed by atoms with van der Waals surface area (Å²) in [6, 6.07) is -0.716. The van der Waals surface area contributed by atoms with Crippen molar-refractivity contribution in [2.45, 2.75) is 25.3 Å². The molecule has 0 aliphatic rings.